The zero-order valence-electron chi connectivity index (χ0n) is 18.0. The molecule has 32 heavy (non-hydrogen) atoms. The minimum absolute atomic E-state index is 0.0786. The highest BCUT2D eigenvalue weighted by Crippen LogP contribution is 2.29. The summed E-state index contributed by atoms with van der Waals surface area (Å²) in [7, 11) is 0. The number of hydrogen-bond donors (Lipinski definition) is 3. The Balaban J connectivity index is 1.47. The Labute approximate surface area is 191 Å². The summed E-state index contributed by atoms with van der Waals surface area (Å²) in [5.74, 6) is -0.0191. The third-order valence-corrected chi connectivity index (χ3v) is 6.34. The van der Waals surface area contributed by atoms with Gasteiger partial charge in [-0.2, -0.15) is 4.39 Å². The minimum atomic E-state index is -0.668. The average Bonchev–Trinajstić information content (AvgIpc) is 2.81. The number of amides is 1. The summed E-state index contributed by atoms with van der Waals surface area (Å²) in [5.41, 5.74) is 0.922. The molecule has 0 bridgehead atoms. The number of carbonyl (C=O) groups excluding carboxylic acids is 1. The van der Waals surface area contributed by atoms with Crippen LogP contribution in [0, 0.1) is 17.8 Å². The largest absolute Gasteiger partial charge is 0.381 e. The van der Waals surface area contributed by atoms with Gasteiger partial charge in [-0.25, -0.2) is 15.0 Å². The molecule has 172 valence electrons. The van der Waals surface area contributed by atoms with Gasteiger partial charge in [0.05, 0.1) is 22.8 Å². The molecule has 2 aliphatic rings. The molecule has 2 saturated heterocycles. The van der Waals surface area contributed by atoms with Crippen LogP contribution in [0.25, 0.3) is 11.3 Å². The van der Waals surface area contributed by atoms with Crippen molar-refractivity contribution >= 4 is 29.1 Å². The smallest absolute Gasteiger partial charge is 0.255 e. The van der Waals surface area contributed by atoms with Gasteiger partial charge in [-0.3, -0.25) is 4.79 Å². The van der Waals surface area contributed by atoms with Crippen LogP contribution in [-0.4, -0.2) is 53.2 Å². The number of hydrogen-bond acceptors (Lipinski definition) is 7. The molecule has 0 aromatic carbocycles. The molecule has 0 radical (unpaired) electrons. The van der Waals surface area contributed by atoms with E-state index in [1.807, 2.05) is 0 Å². The summed E-state index contributed by atoms with van der Waals surface area (Å²) in [6.07, 6.45) is 6.41. The lowest BCUT2D eigenvalue weighted by Crippen LogP contribution is -2.41. The fraction of sp³-hybridized carbons (Fsp3) is 0.545. The molecule has 2 atom stereocenters. The van der Waals surface area contributed by atoms with Crippen molar-refractivity contribution in [2.45, 2.75) is 38.6 Å². The second-order valence-electron chi connectivity index (χ2n) is 8.45. The lowest BCUT2D eigenvalue weighted by molar-refractivity contribution is -0.120. The summed E-state index contributed by atoms with van der Waals surface area (Å²) < 4.78 is 19.6. The Hall–Kier alpha value is -2.36. The van der Waals surface area contributed by atoms with Gasteiger partial charge in [-0.05, 0) is 44.6 Å². The second-order valence-corrected chi connectivity index (χ2v) is 8.86. The van der Waals surface area contributed by atoms with E-state index in [4.69, 9.17) is 16.3 Å². The zero-order valence-corrected chi connectivity index (χ0v) is 18.8. The van der Waals surface area contributed by atoms with Crippen LogP contribution in [0.4, 0.5) is 16.0 Å². The number of anilines is 2. The van der Waals surface area contributed by atoms with Gasteiger partial charge in [-0.15, -0.1) is 0 Å². The van der Waals surface area contributed by atoms with E-state index in [2.05, 4.69) is 37.8 Å². The summed E-state index contributed by atoms with van der Waals surface area (Å²) >= 11 is 6.34. The van der Waals surface area contributed by atoms with E-state index in [9.17, 15) is 9.18 Å². The monoisotopic (exact) mass is 462 g/mol. The minimum Gasteiger partial charge on any atom is -0.381 e. The number of ether oxygens (including phenoxy) is 1. The van der Waals surface area contributed by atoms with Crippen molar-refractivity contribution in [2.75, 3.05) is 36.9 Å². The number of halogens is 2. The zero-order chi connectivity index (χ0) is 22.5. The molecule has 4 heterocycles. The van der Waals surface area contributed by atoms with Gasteiger partial charge in [-0.1, -0.05) is 11.6 Å². The fourth-order valence-electron chi connectivity index (χ4n) is 3.96. The molecule has 3 N–H and O–H groups in total. The summed E-state index contributed by atoms with van der Waals surface area (Å²) in [6.45, 7) is 4.78. The average molecular weight is 463 g/mol. The highest BCUT2D eigenvalue weighted by Gasteiger charge is 2.24. The Morgan fingerprint density at radius 3 is 2.81 bits per heavy atom. The molecule has 0 saturated carbocycles. The maximum Gasteiger partial charge on any atom is 0.255 e. The molecule has 8 nitrogen and oxygen atoms in total. The summed E-state index contributed by atoms with van der Waals surface area (Å²) in [5, 5.41) is 9.59. The van der Waals surface area contributed by atoms with Crippen molar-refractivity contribution in [1.29, 1.82) is 0 Å². The normalized spacial score (nSPS) is 21.8. The fourth-order valence-corrected chi connectivity index (χ4v) is 4.16. The Kier molecular flexibility index (Phi) is 7.49. The van der Waals surface area contributed by atoms with Crippen molar-refractivity contribution in [1.82, 2.24) is 20.3 Å². The van der Waals surface area contributed by atoms with Crippen LogP contribution in [0.3, 0.4) is 0 Å². The number of nitrogens with one attached hydrogen (secondary N) is 3. The van der Waals surface area contributed by atoms with Crippen molar-refractivity contribution < 1.29 is 13.9 Å². The quantitative estimate of drug-likeness (QED) is 0.604. The van der Waals surface area contributed by atoms with E-state index >= 15 is 0 Å². The third kappa shape index (κ3) is 5.70. The van der Waals surface area contributed by atoms with Gasteiger partial charge in [0.2, 0.25) is 5.91 Å². The SMILES string of the molecule is C[C@H]1CC[C@H](C(=O)Nc2cc(-c3cnc(F)c(NCC4CCOCC4)n3)c(Cl)cn2)CN1. The first-order valence-corrected chi connectivity index (χ1v) is 11.4. The van der Waals surface area contributed by atoms with Gasteiger partial charge >= 0.3 is 0 Å². The lowest BCUT2D eigenvalue weighted by Gasteiger charge is -2.26. The van der Waals surface area contributed by atoms with Crippen LogP contribution in [0.2, 0.25) is 5.02 Å². The Morgan fingerprint density at radius 1 is 1.25 bits per heavy atom. The predicted octanol–water partition coefficient (Wildman–Crippen LogP) is 3.50. The molecule has 2 aromatic heterocycles. The number of nitrogens with zero attached hydrogens (tertiary/aromatic N) is 3. The van der Waals surface area contributed by atoms with E-state index in [0.717, 1.165) is 38.9 Å². The Bertz CT molecular complexity index is 948. The van der Waals surface area contributed by atoms with Gasteiger partial charge in [0.1, 0.15) is 5.82 Å². The molecular weight excluding hydrogens is 435 g/mol. The molecule has 4 rings (SSSR count). The maximum absolute atomic E-state index is 14.3. The summed E-state index contributed by atoms with van der Waals surface area (Å²) in [4.78, 5) is 25.1. The van der Waals surface area contributed by atoms with Gasteiger partial charge in [0.15, 0.2) is 5.82 Å². The third-order valence-electron chi connectivity index (χ3n) is 6.04. The predicted molar refractivity (Wildman–Crippen MR) is 121 cm³/mol. The number of aromatic nitrogens is 3. The Morgan fingerprint density at radius 2 is 2.06 bits per heavy atom. The van der Waals surface area contributed by atoms with Crippen molar-refractivity contribution in [2.24, 2.45) is 11.8 Å². The van der Waals surface area contributed by atoms with Gasteiger partial charge in [0.25, 0.3) is 5.95 Å². The molecule has 1 amide bonds. The second kappa shape index (κ2) is 10.5. The first-order chi connectivity index (χ1) is 15.5. The van der Waals surface area contributed by atoms with Crippen molar-refractivity contribution in [3.63, 3.8) is 0 Å². The molecule has 0 spiro atoms. The van der Waals surface area contributed by atoms with Crippen LogP contribution in [-0.2, 0) is 9.53 Å². The number of rotatable bonds is 6. The van der Waals surface area contributed by atoms with Crippen LogP contribution in [0.1, 0.15) is 32.6 Å². The molecule has 2 fully saturated rings. The lowest BCUT2D eigenvalue weighted by atomic mass is 9.95. The van der Waals surface area contributed by atoms with Crippen LogP contribution >= 0.6 is 11.6 Å². The van der Waals surface area contributed by atoms with E-state index in [1.165, 1.54) is 12.4 Å². The number of pyridine rings is 1. The topological polar surface area (TPSA) is 101 Å². The molecule has 0 aliphatic carbocycles. The maximum atomic E-state index is 14.3. The van der Waals surface area contributed by atoms with Crippen LogP contribution in [0.15, 0.2) is 18.5 Å². The molecular formula is C22H28ClFN6O2. The van der Waals surface area contributed by atoms with E-state index in [0.29, 0.717) is 47.1 Å². The molecule has 10 heteroatoms. The highest BCUT2D eigenvalue weighted by atomic mass is 35.5. The first kappa shape index (κ1) is 22.8. The molecule has 2 aliphatic heterocycles. The molecule has 0 unspecified atom stereocenters. The van der Waals surface area contributed by atoms with Crippen LogP contribution in [0.5, 0.6) is 0 Å². The van der Waals surface area contributed by atoms with Crippen molar-refractivity contribution in [3.05, 3.63) is 29.4 Å². The van der Waals surface area contributed by atoms with E-state index < -0.39 is 5.95 Å². The number of piperidine rings is 1. The molecule has 2 aromatic rings. The number of carbonyl (C=O) groups is 1. The van der Waals surface area contributed by atoms with E-state index in [-0.39, 0.29) is 17.6 Å². The van der Waals surface area contributed by atoms with Gasteiger partial charge in [0, 0.05) is 44.1 Å². The first-order valence-electron chi connectivity index (χ1n) is 11.0. The standard InChI is InChI=1S/C22H28ClFN6O2/c1-13-2-3-15(10-25-13)22(31)30-19-8-16(17(23)11-26-19)18-12-27-20(24)21(29-18)28-9-14-4-6-32-7-5-14/h8,11-15,25H,2-7,9-10H2,1H3,(H,28,29)(H,26,30,31)/t13-,15-/m0/s1. The van der Waals surface area contributed by atoms with Crippen molar-refractivity contribution in [3.8, 4) is 11.3 Å². The summed E-state index contributed by atoms with van der Waals surface area (Å²) in [6, 6.07) is 2.06. The van der Waals surface area contributed by atoms with E-state index in [1.54, 1.807) is 6.07 Å². The van der Waals surface area contributed by atoms with Gasteiger partial charge < -0.3 is 20.7 Å². The highest BCUT2D eigenvalue weighted by molar-refractivity contribution is 6.33. The van der Waals surface area contributed by atoms with Crippen LogP contribution < -0.4 is 16.0 Å².